The van der Waals surface area contributed by atoms with Crippen molar-refractivity contribution in [3.8, 4) is 0 Å². The molecule has 0 aliphatic carbocycles. The summed E-state index contributed by atoms with van der Waals surface area (Å²) in [7, 11) is 1.72. The van der Waals surface area contributed by atoms with E-state index in [9.17, 15) is 9.59 Å². The van der Waals surface area contributed by atoms with Crippen molar-refractivity contribution in [1.82, 2.24) is 14.7 Å². The highest BCUT2D eigenvalue weighted by Crippen LogP contribution is 2.32. The van der Waals surface area contributed by atoms with Crippen LogP contribution in [0.1, 0.15) is 50.5 Å². The number of methoxy groups -OCH3 is 1. The molecule has 3 saturated heterocycles. The summed E-state index contributed by atoms with van der Waals surface area (Å²) in [6.07, 6.45) is 8.37. The fourth-order valence-electron chi connectivity index (χ4n) is 6.09. The van der Waals surface area contributed by atoms with Gasteiger partial charge < -0.3 is 19.4 Å². The second kappa shape index (κ2) is 12.0. The first-order valence-corrected chi connectivity index (χ1v) is 13.0. The number of likely N-dealkylation sites (tertiary alicyclic amines) is 1. The molecule has 3 aliphatic rings. The van der Waals surface area contributed by atoms with Gasteiger partial charge in [-0.05, 0) is 63.1 Å². The number of fused-ring (bicyclic) bond motifs is 1. The van der Waals surface area contributed by atoms with Crippen molar-refractivity contribution < 1.29 is 14.3 Å². The number of rotatable bonds is 10. The third-order valence-electron chi connectivity index (χ3n) is 7.85. The van der Waals surface area contributed by atoms with Gasteiger partial charge >= 0.3 is 0 Å². The smallest absolute Gasteiger partial charge is 0.228 e. The Kier molecular flexibility index (Phi) is 8.79. The van der Waals surface area contributed by atoms with Crippen LogP contribution < -0.4 is 0 Å². The van der Waals surface area contributed by atoms with Crippen molar-refractivity contribution in [2.45, 2.75) is 57.4 Å². The van der Waals surface area contributed by atoms with Crippen molar-refractivity contribution >= 4 is 11.8 Å². The van der Waals surface area contributed by atoms with Crippen LogP contribution >= 0.6 is 0 Å². The van der Waals surface area contributed by atoms with Crippen LogP contribution in [0.25, 0.3) is 0 Å². The molecule has 0 unspecified atom stereocenters. The molecule has 0 N–H and O–H groups in total. The summed E-state index contributed by atoms with van der Waals surface area (Å²) in [5, 5.41) is 0. The molecule has 3 fully saturated rings. The maximum atomic E-state index is 13.6. The molecular formula is C27H41N3O3. The van der Waals surface area contributed by atoms with E-state index in [1.54, 1.807) is 7.11 Å². The molecule has 0 spiro atoms. The van der Waals surface area contributed by atoms with Crippen molar-refractivity contribution in [3.05, 3.63) is 35.9 Å². The molecule has 1 aromatic rings. The van der Waals surface area contributed by atoms with Crippen molar-refractivity contribution in [1.29, 1.82) is 0 Å². The Morgan fingerprint density at radius 1 is 1.12 bits per heavy atom. The van der Waals surface area contributed by atoms with Crippen molar-refractivity contribution in [2.24, 2.45) is 11.8 Å². The first-order valence-electron chi connectivity index (χ1n) is 13.0. The van der Waals surface area contributed by atoms with Gasteiger partial charge in [0.25, 0.3) is 0 Å². The number of hydrogen-bond acceptors (Lipinski definition) is 4. The summed E-state index contributed by atoms with van der Waals surface area (Å²) in [5.74, 6) is 0.644. The molecule has 3 atom stereocenters. The second-order valence-corrected chi connectivity index (χ2v) is 10.1. The van der Waals surface area contributed by atoms with Crippen molar-refractivity contribution in [2.75, 3.05) is 53.0 Å². The number of ether oxygens (including phenoxy) is 1. The summed E-state index contributed by atoms with van der Waals surface area (Å²) in [6, 6.07) is 10.9. The minimum absolute atomic E-state index is 0.122. The zero-order chi connectivity index (χ0) is 23.0. The van der Waals surface area contributed by atoms with Gasteiger partial charge in [0.05, 0.1) is 5.92 Å². The maximum absolute atomic E-state index is 13.6. The molecule has 3 heterocycles. The van der Waals surface area contributed by atoms with E-state index in [2.05, 4.69) is 21.9 Å². The van der Waals surface area contributed by atoms with Gasteiger partial charge in [0.2, 0.25) is 11.8 Å². The molecular weight excluding hydrogens is 414 g/mol. The molecule has 0 radical (unpaired) electrons. The van der Waals surface area contributed by atoms with Crippen LogP contribution in [0.2, 0.25) is 0 Å². The second-order valence-electron chi connectivity index (χ2n) is 10.1. The van der Waals surface area contributed by atoms with Gasteiger partial charge in [0, 0.05) is 52.4 Å². The summed E-state index contributed by atoms with van der Waals surface area (Å²) >= 11 is 0. The number of nitrogens with zero attached hydrogens (tertiary/aromatic N) is 3. The lowest BCUT2D eigenvalue weighted by Gasteiger charge is -2.46. The molecule has 4 rings (SSSR count). The molecule has 33 heavy (non-hydrogen) atoms. The first kappa shape index (κ1) is 24.2. The van der Waals surface area contributed by atoms with Gasteiger partial charge in [-0.25, -0.2) is 0 Å². The summed E-state index contributed by atoms with van der Waals surface area (Å²) in [6.45, 7) is 5.90. The molecule has 6 heteroatoms. The molecule has 182 valence electrons. The van der Waals surface area contributed by atoms with Crippen LogP contribution in [0.5, 0.6) is 0 Å². The molecule has 0 bridgehead atoms. The van der Waals surface area contributed by atoms with Crippen LogP contribution in [-0.2, 0) is 20.7 Å². The Morgan fingerprint density at radius 3 is 2.76 bits per heavy atom. The number of hydrogen-bond donors (Lipinski definition) is 0. The van der Waals surface area contributed by atoms with Crippen LogP contribution in [0, 0.1) is 11.8 Å². The highest BCUT2D eigenvalue weighted by Gasteiger charge is 2.39. The highest BCUT2D eigenvalue weighted by molar-refractivity contribution is 5.89. The minimum Gasteiger partial charge on any atom is -0.385 e. The van der Waals surface area contributed by atoms with E-state index < -0.39 is 0 Å². The van der Waals surface area contributed by atoms with Gasteiger partial charge in [-0.1, -0.05) is 36.8 Å². The number of amides is 2. The molecule has 0 aromatic heterocycles. The summed E-state index contributed by atoms with van der Waals surface area (Å²) < 4.78 is 5.27. The quantitative estimate of drug-likeness (QED) is 0.509. The minimum atomic E-state index is -0.207. The SMILES string of the molecule is COCCCN(C[C@@H]1CCCN2CCCC[C@H]12)C(=O)[C@H]1CC(=O)N(CCc2ccccc2)C1. The Balaban J connectivity index is 1.36. The lowest BCUT2D eigenvalue weighted by molar-refractivity contribution is -0.137. The first-order chi connectivity index (χ1) is 16.2. The normalized spacial score (nSPS) is 25.8. The van der Waals surface area contributed by atoms with Crippen molar-refractivity contribution in [3.63, 3.8) is 0 Å². The average molecular weight is 456 g/mol. The summed E-state index contributed by atoms with van der Waals surface area (Å²) in [5.41, 5.74) is 1.23. The maximum Gasteiger partial charge on any atom is 0.228 e. The van der Waals surface area contributed by atoms with Gasteiger partial charge in [-0.2, -0.15) is 0 Å². The number of piperidine rings is 2. The Bertz CT molecular complexity index is 769. The van der Waals surface area contributed by atoms with Gasteiger partial charge in [-0.15, -0.1) is 0 Å². The van der Waals surface area contributed by atoms with Crippen LogP contribution in [0.4, 0.5) is 0 Å². The van der Waals surface area contributed by atoms with Gasteiger partial charge in [0.15, 0.2) is 0 Å². The van der Waals surface area contributed by atoms with Gasteiger partial charge in [0.1, 0.15) is 0 Å². The van der Waals surface area contributed by atoms with E-state index in [1.165, 1.54) is 50.8 Å². The summed E-state index contributed by atoms with van der Waals surface area (Å²) in [4.78, 5) is 33.0. The van der Waals surface area contributed by atoms with E-state index in [0.717, 1.165) is 25.9 Å². The monoisotopic (exact) mass is 455 g/mol. The average Bonchev–Trinajstić information content (AvgIpc) is 3.23. The number of carbonyl (C=O) groups excluding carboxylic acids is 2. The zero-order valence-corrected chi connectivity index (χ0v) is 20.3. The van der Waals surface area contributed by atoms with E-state index >= 15 is 0 Å². The molecule has 1 aromatic carbocycles. The van der Waals surface area contributed by atoms with E-state index in [-0.39, 0.29) is 17.7 Å². The molecule has 2 amide bonds. The van der Waals surface area contributed by atoms with Crippen LogP contribution in [0.15, 0.2) is 30.3 Å². The Hall–Kier alpha value is -1.92. The van der Waals surface area contributed by atoms with Crippen LogP contribution in [0.3, 0.4) is 0 Å². The predicted molar refractivity (Wildman–Crippen MR) is 130 cm³/mol. The predicted octanol–water partition coefficient (Wildman–Crippen LogP) is 3.21. The fourth-order valence-corrected chi connectivity index (χ4v) is 6.09. The van der Waals surface area contributed by atoms with Gasteiger partial charge in [-0.3, -0.25) is 9.59 Å². The molecule has 6 nitrogen and oxygen atoms in total. The third-order valence-corrected chi connectivity index (χ3v) is 7.85. The fraction of sp³-hybridized carbons (Fsp3) is 0.704. The number of benzene rings is 1. The van der Waals surface area contributed by atoms with E-state index in [1.807, 2.05) is 23.1 Å². The Labute approximate surface area is 199 Å². The van der Waals surface area contributed by atoms with E-state index in [0.29, 0.717) is 38.1 Å². The lowest BCUT2D eigenvalue weighted by atomic mass is 9.83. The standard InChI is InChI=1S/C27H41N3O3/c1-33-18-8-16-30(20-23-11-7-15-28-14-6-5-12-25(23)28)27(32)24-19-26(31)29(21-24)17-13-22-9-3-2-4-10-22/h2-4,9-10,23-25H,5-8,11-21H2,1H3/t23-,24-,25+/m0/s1. The lowest BCUT2D eigenvalue weighted by Crippen LogP contribution is -2.52. The molecule has 0 saturated carbocycles. The largest absolute Gasteiger partial charge is 0.385 e. The zero-order valence-electron chi connectivity index (χ0n) is 20.3. The number of carbonyl (C=O) groups is 2. The molecule has 3 aliphatic heterocycles. The third kappa shape index (κ3) is 6.36. The highest BCUT2D eigenvalue weighted by atomic mass is 16.5. The topological polar surface area (TPSA) is 53.1 Å². The van der Waals surface area contributed by atoms with Crippen LogP contribution in [-0.4, -0.2) is 85.5 Å². The Morgan fingerprint density at radius 2 is 1.94 bits per heavy atom. The van der Waals surface area contributed by atoms with E-state index in [4.69, 9.17) is 4.74 Å².